The molecule has 0 aliphatic rings. The molecule has 0 amide bonds. The highest BCUT2D eigenvalue weighted by atomic mass is 35.5. The number of benzene rings is 2. The van der Waals surface area contributed by atoms with E-state index in [0.29, 0.717) is 22.7 Å². The third kappa shape index (κ3) is 4.21. The Morgan fingerprint density at radius 1 is 1.12 bits per heavy atom. The van der Waals surface area contributed by atoms with Crippen LogP contribution in [0.3, 0.4) is 0 Å². The van der Waals surface area contributed by atoms with E-state index in [-0.39, 0.29) is 6.04 Å². The van der Waals surface area contributed by atoms with Gasteiger partial charge in [-0.1, -0.05) is 47.0 Å². The van der Waals surface area contributed by atoms with Crippen molar-refractivity contribution in [3.63, 3.8) is 0 Å². The van der Waals surface area contributed by atoms with E-state index in [0.717, 1.165) is 11.1 Å². The average molecular weight is 362 g/mol. The lowest BCUT2D eigenvalue weighted by atomic mass is 10.1. The van der Waals surface area contributed by atoms with Crippen molar-refractivity contribution in [3.05, 3.63) is 65.2 Å². The summed E-state index contributed by atoms with van der Waals surface area (Å²) in [7, 11) is -0.990. The van der Waals surface area contributed by atoms with Gasteiger partial charge < -0.3 is 9.73 Å². The minimum atomic E-state index is -0.990. The van der Waals surface area contributed by atoms with Gasteiger partial charge in [0.2, 0.25) is 5.89 Å². The Labute approximate surface area is 147 Å². The van der Waals surface area contributed by atoms with Crippen LogP contribution in [0.1, 0.15) is 11.6 Å². The van der Waals surface area contributed by atoms with Crippen LogP contribution in [0.2, 0.25) is 5.02 Å². The maximum absolute atomic E-state index is 11.7. The van der Waals surface area contributed by atoms with Gasteiger partial charge in [-0.15, -0.1) is 5.10 Å². The smallest absolute Gasteiger partial charge is 0.316 e. The maximum atomic E-state index is 11.7. The number of halogens is 1. The van der Waals surface area contributed by atoms with Crippen LogP contribution in [-0.2, 0) is 10.8 Å². The van der Waals surface area contributed by atoms with Crippen molar-refractivity contribution in [2.24, 2.45) is 0 Å². The second-order valence-electron chi connectivity index (χ2n) is 5.27. The summed E-state index contributed by atoms with van der Waals surface area (Å²) >= 11 is 5.93. The first kappa shape index (κ1) is 16.7. The summed E-state index contributed by atoms with van der Waals surface area (Å²) in [6, 6.07) is 17.0. The van der Waals surface area contributed by atoms with Gasteiger partial charge in [-0.3, -0.25) is 4.21 Å². The molecule has 0 aliphatic heterocycles. The number of nitrogens with one attached hydrogen (secondary N) is 1. The first-order valence-electron chi connectivity index (χ1n) is 7.33. The summed E-state index contributed by atoms with van der Waals surface area (Å²) in [5.41, 5.74) is 1.80. The number of hydrogen-bond acceptors (Lipinski definition) is 5. The van der Waals surface area contributed by atoms with Crippen LogP contribution in [0.25, 0.3) is 11.5 Å². The number of rotatable bonds is 6. The SMILES string of the molecule is CS(=O)CC(Nc1nnc(-c2ccccc2)o1)c1ccc(Cl)cc1. The lowest BCUT2D eigenvalue weighted by molar-refractivity contribution is 0.573. The summed E-state index contributed by atoms with van der Waals surface area (Å²) in [4.78, 5) is 0. The molecule has 124 valence electrons. The summed E-state index contributed by atoms with van der Waals surface area (Å²) in [6.45, 7) is 0. The third-order valence-electron chi connectivity index (χ3n) is 3.42. The van der Waals surface area contributed by atoms with Crippen LogP contribution in [-0.4, -0.2) is 26.4 Å². The van der Waals surface area contributed by atoms with Crippen molar-refractivity contribution in [3.8, 4) is 11.5 Å². The van der Waals surface area contributed by atoms with E-state index >= 15 is 0 Å². The van der Waals surface area contributed by atoms with E-state index in [1.54, 1.807) is 18.4 Å². The van der Waals surface area contributed by atoms with Gasteiger partial charge in [0.1, 0.15) is 0 Å². The fourth-order valence-electron chi connectivity index (χ4n) is 2.28. The van der Waals surface area contributed by atoms with Crippen LogP contribution >= 0.6 is 11.6 Å². The molecule has 7 heteroatoms. The number of anilines is 1. The summed E-state index contributed by atoms with van der Waals surface area (Å²) in [5, 5.41) is 11.9. The summed E-state index contributed by atoms with van der Waals surface area (Å²) in [6.07, 6.45) is 1.66. The van der Waals surface area contributed by atoms with Gasteiger partial charge in [0.05, 0.1) is 6.04 Å². The molecule has 3 rings (SSSR count). The number of aromatic nitrogens is 2. The molecule has 0 radical (unpaired) electrons. The molecule has 0 spiro atoms. The first-order valence-corrected chi connectivity index (χ1v) is 9.43. The largest absolute Gasteiger partial charge is 0.403 e. The molecule has 24 heavy (non-hydrogen) atoms. The van der Waals surface area contributed by atoms with Crippen LogP contribution in [0, 0.1) is 0 Å². The molecule has 0 fully saturated rings. The highest BCUT2D eigenvalue weighted by Crippen LogP contribution is 2.24. The Balaban J connectivity index is 1.81. The maximum Gasteiger partial charge on any atom is 0.316 e. The monoisotopic (exact) mass is 361 g/mol. The van der Waals surface area contributed by atoms with Gasteiger partial charge in [0.15, 0.2) is 0 Å². The molecule has 1 N–H and O–H groups in total. The minimum Gasteiger partial charge on any atom is -0.403 e. The van der Waals surface area contributed by atoms with Crippen molar-refractivity contribution in [2.45, 2.75) is 6.04 Å². The second kappa shape index (κ2) is 7.59. The zero-order chi connectivity index (χ0) is 16.9. The van der Waals surface area contributed by atoms with Gasteiger partial charge in [-0.25, -0.2) is 0 Å². The van der Waals surface area contributed by atoms with Gasteiger partial charge >= 0.3 is 6.01 Å². The molecule has 3 aromatic rings. The Hall–Kier alpha value is -2.18. The lowest BCUT2D eigenvalue weighted by Gasteiger charge is -2.16. The van der Waals surface area contributed by atoms with Crippen molar-refractivity contribution in [2.75, 3.05) is 17.3 Å². The zero-order valence-electron chi connectivity index (χ0n) is 13.0. The van der Waals surface area contributed by atoms with E-state index in [4.69, 9.17) is 16.0 Å². The highest BCUT2D eigenvalue weighted by Gasteiger charge is 2.17. The molecule has 0 bridgehead atoms. The lowest BCUT2D eigenvalue weighted by Crippen LogP contribution is -2.17. The fourth-order valence-corrected chi connectivity index (χ4v) is 3.15. The Bertz CT molecular complexity index is 821. The topological polar surface area (TPSA) is 68.0 Å². The van der Waals surface area contributed by atoms with Gasteiger partial charge in [0.25, 0.3) is 0 Å². The highest BCUT2D eigenvalue weighted by molar-refractivity contribution is 7.84. The Kier molecular flexibility index (Phi) is 5.27. The van der Waals surface area contributed by atoms with Gasteiger partial charge in [-0.05, 0) is 29.8 Å². The van der Waals surface area contributed by atoms with E-state index in [1.807, 2.05) is 42.5 Å². The van der Waals surface area contributed by atoms with Crippen LogP contribution in [0.15, 0.2) is 59.0 Å². The standard InChI is InChI=1S/C17H16ClN3O2S/c1-24(22)11-15(12-7-9-14(18)10-8-12)19-17-21-20-16(23-17)13-5-3-2-4-6-13/h2-10,15H,11H2,1H3,(H,19,21). The fraction of sp³-hybridized carbons (Fsp3) is 0.176. The van der Waals surface area contributed by atoms with Crippen molar-refractivity contribution in [1.29, 1.82) is 0 Å². The molecule has 0 saturated heterocycles. The molecule has 2 unspecified atom stereocenters. The van der Waals surface area contributed by atoms with Crippen molar-refractivity contribution in [1.82, 2.24) is 10.2 Å². The number of hydrogen-bond donors (Lipinski definition) is 1. The minimum absolute atomic E-state index is 0.211. The van der Waals surface area contributed by atoms with E-state index in [1.165, 1.54) is 0 Å². The van der Waals surface area contributed by atoms with Crippen molar-refractivity contribution < 1.29 is 8.63 Å². The van der Waals surface area contributed by atoms with Crippen LogP contribution in [0.4, 0.5) is 6.01 Å². The van der Waals surface area contributed by atoms with Crippen LogP contribution < -0.4 is 5.32 Å². The number of nitrogens with zero attached hydrogens (tertiary/aromatic N) is 2. The second-order valence-corrected chi connectivity index (χ2v) is 7.18. The molecule has 0 saturated carbocycles. The first-order chi connectivity index (χ1) is 11.6. The quantitative estimate of drug-likeness (QED) is 0.720. The molecule has 2 atom stereocenters. The summed E-state index contributed by atoms with van der Waals surface area (Å²) < 4.78 is 17.4. The average Bonchev–Trinajstić information content (AvgIpc) is 3.04. The molecule has 1 heterocycles. The van der Waals surface area contributed by atoms with E-state index in [9.17, 15) is 4.21 Å². The molecular weight excluding hydrogens is 346 g/mol. The van der Waals surface area contributed by atoms with E-state index < -0.39 is 10.8 Å². The molecule has 1 aromatic heterocycles. The molecular formula is C17H16ClN3O2S. The van der Waals surface area contributed by atoms with Gasteiger partial charge in [0, 0.05) is 33.4 Å². The van der Waals surface area contributed by atoms with Crippen molar-refractivity contribution >= 4 is 28.4 Å². The van der Waals surface area contributed by atoms with Crippen LogP contribution in [0.5, 0.6) is 0 Å². The third-order valence-corrected chi connectivity index (χ3v) is 4.47. The molecule has 0 aliphatic carbocycles. The Morgan fingerprint density at radius 3 is 2.50 bits per heavy atom. The Morgan fingerprint density at radius 2 is 1.83 bits per heavy atom. The predicted octanol–water partition coefficient (Wildman–Crippen LogP) is 3.92. The van der Waals surface area contributed by atoms with Gasteiger partial charge in [-0.2, -0.15) is 0 Å². The summed E-state index contributed by atoms with van der Waals surface area (Å²) in [5.74, 6) is 0.857. The molecule has 5 nitrogen and oxygen atoms in total. The van der Waals surface area contributed by atoms with E-state index in [2.05, 4.69) is 15.5 Å². The molecule has 2 aromatic carbocycles. The zero-order valence-corrected chi connectivity index (χ0v) is 14.6. The normalized spacial score (nSPS) is 13.4. The predicted molar refractivity (Wildman–Crippen MR) is 96.5 cm³/mol.